The molecule has 11 heavy (non-hydrogen) atoms. The highest BCUT2D eigenvalue weighted by atomic mass is 16.6. The first-order chi connectivity index (χ1) is 5.20. The van der Waals surface area contributed by atoms with Crippen molar-refractivity contribution in [3.8, 4) is 0 Å². The number of nitrogens with two attached hydrogens (primary N) is 1. The average molecular weight is 162 g/mol. The van der Waals surface area contributed by atoms with Crippen molar-refractivity contribution in [2.75, 3.05) is 0 Å². The van der Waals surface area contributed by atoms with E-state index in [4.69, 9.17) is 16.1 Å². The molecule has 0 amide bonds. The van der Waals surface area contributed by atoms with E-state index in [1.165, 1.54) is 0 Å². The number of nitrogens with one attached hydrogen (secondary N) is 1. The lowest BCUT2D eigenvalue weighted by Crippen LogP contribution is -2.48. The van der Waals surface area contributed by atoms with Crippen LogP contribution < -0.4 is 11.3 Å². The van der Waals surface area contributed by atoms with Crippen molar-refractivity contribution in [1.82, 2.24) is 5.43 Å². The van der Waals surface area contributed by atoms with Crippen LogP contribution in [-0.4, -0.2) is 41.0 Å². The van der Waals surface area contributed by atoms with Gasteiger partial charge in [0.05, 0.1) is 6.04 Å². The molecule has 1 saturated heterocycles. The van der Waals surface area contributed by atoms with E-state index in [0.717, 1.165) is 0 Å². The minimum atomic E-state index is -1.34. The molecule has 0 aromatic carbocycles. The van der Waals surface area contributed by atoms with Gasteiger partial charge in [-0.25, -0.2) is 0 Å². The van der Waals surface area contributed by atoms with Gasteiger partial charge in [-0.05, 0) is 0 Å². The van der Waals surface area contributed by atoms with Gasteiger partial charge in [-0.15, -0.1) is 0 Å². The van der Waals surface area contributed by atoms with E-state index >= 15 is 0 Å². The lowest BCUT2D eigenvalue weighted by Gasteiger charge is -2.13. The van der Waals surface area contributed by atoms with Crippen molar-refractivity contribution < 1.29 is 19.7 Å². The molecule has 6 nitrogen and oxygen atoms in total. The molecule has 1 fully saturated rings. The summed E-state index contributed by atoms with van der Waals surface area (Å²) in [6, 6.07) is -0.734. The fraction of sp³-hybridized carbons (Fsp3) is 0.800. The Kier molecular flexibility index (Phi) is 2.53. The number of ether oxygens (including phenoxy) is 1. The van der Waals surface area contributed by atoms with Crippen LogP contribution in [0.2, 0.25) is 0 Å². The normalized spacial score (nSPS) is 44.3. The van der Waals surface area contributed by atoms with Crippen LogP contribution in [0.4, 0.5) is 0 Å². The summed E-state index contributed by atoms with van der Waals surface area (Å²) in [6.45, 7) is 0. The molecule has 0 spiro atoms. The first-order valence-corrected chi connectivity index (χ1v) is 3.13. The molecule has 1 heterocycles. The Morgan fingerprint density at radius 2 is 2.18 bits per heavy atom. The highest BCUT2D eigenvalue weighted by molar-refractivity contribution is 5.58. The zero-order chi connectivity index (χ0) is 8.43. The monoisotopic (exact) mass is 162 g/mol. The van der Waals surface area contributed by atoms with E-state index in [0.29, 0.717) is 6.29 Å². The third-order valence-corrected chi connectivity index (χ3v) is 1.64. The largest absolute Gasteiger partial charge is 0.386 e. The van der Waals surface area contributed by atoms with Gasteiger partial charge in [0.1, 0.15) is 12.2 Å². The van der Waals surface area contributed by atoms with Gasteiger partial charge in [-0.2, -0.15) is 0 Å². The average Bonchev–Trinajstić information content (AvgIpc) is 2.28. The van der Waals surface area contributed by atoms with Crippen LogP contribution in [0.15, 0.2) is 0 Å². The third-order valence-electron chi connectivity index (χ3n) is 1.64. The summed E-state index contributed by atoms with van der Waals surface area (Å²) >= 11 is 0. The Balaban J connectivity index is 2.64. The number of aliphatic hydroxyl groups excluding tert-OH is 2. The molecule has 0 aliphatic carbocycles. The highest BCUT2D eigenvalue weighted by Gasteiger charge is 2.42. The molecule has 4 unspecified atom stereocenters. The number of rotatable bonds is 2. The van der Waals surface area contributed by atoms with Crippen LogP contribution in [0.5, 0.6) is 0 Å². The number of aldehydes is 1. The molecule has 64 valence electrons. The van der Waals surface area contributed by atoms with Gasteiger partial charge in [0.25, 0.3) is 0 Å². The number of carbonyl (C=O) groups excluding carboxylic acids is 1. The van der Waals surface area contributed by atoms with Crippen LogP contribution in [0.3, 0.4) is 0 Å². The third kappa shape index (κ3) is 1.39. The summed E-state index contributed by atoms with van der Waals surface area (Å²) in [6.07, 6.45) is -2.91. The SMILES string of the molecule is NNC1C(C=O)OC(O)C1O. The van der Waals surface area contributed by atoms with Crippen molar-refractivity contribution in [2.24, 2.45) is 5.84 Å². The molecule has 1 rings (SSSR count). The molecule has 0 bridgehead atoms. The van der Waals surface area contributed by atoms with Gasteiger partial charge in [0.2, 0.25) is 0 Å². The van der Waals surface area contributed by atoms with E-state index in [9.17, 15) is 4.79 Å². The minimum Gasteiger partial charge on any atom is -0.386 e. The minimum absolute atomic E-state index is 0.476. The van der Waals surface area contributed by atoms with Crippen molar-refractivity contribution in [2.45, 2.75) is 24.5 Å². The van der Waals surface area contributed by atoms with Crippen molar-refractivity contribution in [3.05, 3.63) is 0 Å². The first kappa shape index (κ1) is 8.57. The lowest BCUT2D eigenvalue weighted by atomic mass is 10.1. The van der Waals surface area contributed by atoms with Crippen LogP contribution in [0.25, 0.3) is 0 Å². The summed E-state index contributed by atoms with van der Waals surface area (Å²) in [5.74, 6) is 4.99. The summed E-state index contributed by atoms with van der Waals surface area (Å²) < 4.78 is 4.62. The van der Waals surface area contributed by atoms with Gasteiger partial charge < -0.3 is 19.7 Å². The smallest absolute Gasteiger partial charge is 0.183 e. The second-order valence-corrected chi connectivity index (χ2v) is 2.31. The van der Waals surface area contributed by atoms with Crippen molar-refractivity contribution in [3.63, 3.8) is 0 Å². The van der Waals surface area contributed by atoms with Crippen LogP contribution in [0, 0.1) is 0 Å². The standard InChI is InChI=1S/C5H10N2O4/c6-7-3-2(1-8)11-5(10)4(3)9/h1-5,7,9-10H,6H2. The molecule has 4 atom stereocenters. The summed E-state index contributed by atoms with van der Waals surface area (Å²) in [5, 5.41) is 18.0. The molecule has 5 N–H and O–H groups in total. The second-order valence-electron chi connectivity index (χ2n) is 2.31. The van der Waals surface area contributed by atoms with Crippen LogP contribution in [-0.2, 0) is 9.53 Å². The lowest BCUT2D eigenvalue weighted by molar-refractivity contribution is -0.140. The highest BCUT2D eigenvalue weighted by Crippen LogP contribution is 2.16. The van der Waals surface area contributed by atoms with E-state index in [1.807, 2.05) is 0 Å². The molecular weight excluding hydrogens is 152 g/mol. The molecule has 0 radical (unpaired) electrons. The molecule has 1 aliphatic heterocycles. The Hall–Kier alpha value is -0.530. The second kappa shape index (κ2) is 3.24. The summed E-state index contributed by atoms with van der Waals surface area (Å²) in [5.41, 5.74) is 2.18. The Labute approximate surface area is 62.9 Å². The van der Waals surface area contributed by atoms with Crippen LogP contribution >= 0.6 is 0 Å². The van der Waals surface area contributed by atoms with Crippen LogP contribution in [0.1, 0.15) is 0 Å². The predicted molar refractivity (Wildman–Crippen MR) is 34.1 cm³/mol. The quantitative estimate of drug-likeness (QED) is 0.197. The first-order valence-electron chi connectivity index (χ1n) is 3.13. The molecule has 0 aromatic heterocycles. The van der Waals surface area contributed by atoms with Gasteiger partial charge >= 0.3 is 0 Å². The molecule has 6 heteroatoms. The Morgan fingerprint density at radius 1 is 1.55 bits per heavy atom. The number of hydrogen-bond donors (Lipinski definition) is 4. The van der Waals surface area contributed by atoms with E-state index in [1.54, 1.807) is 0 Å². The molecule has 0 aromatic rings. The topological polar surface area (TPSA) is 105 Å². The fourth-order valence-electron chi connectivity index (χ4n) is 1.01. The molecule has 0 saturated carbocycles. The van der Waals surface area contributed by atoms with E-state index in [2.05, 4.69) is 10.2 Å². The zero-order valence-electron chi connectivity index (χ0n) is 5.68. The zero-order valence-corrected chi connectivity index (χ0v) is 5.68. The van der Waals surface area contributed by atoms with Gasteiger partial charge in [0.15, 0.2) is 12.6 Å². The maximum atomic E-state index is 10.2. The molecular formula is C5H10N2O4. The Bertz CT molecular complexity index is 153. The van der Waals surface area contributed by atoms with E-state index < -0.39 is 24.5 Å². The van der Waals surface area contributed by atoms with Gasteiger partial charge in [-0.3, -0.25) is 11.3 Å². The van der Waals surface area contributed by atoms with Crippen molar-refractivity contribution in [1.29, 1.82) is 0 Å². The molecule has 1 aliphatic rings. The number of carbonyl (C=O) groups is 1. The number of hydrazine groups is 1. The summed E-state index contributed by atoms with van der Waals surface area (Å²) in [7, 11) is 0. The maximum Gasteiger partial charge on any atom is 0.183 e. The number of aliphatic hydroxyl groups is 2. The van der Waals surface area contributed by atoms with Gasteiger partial charge in [-0.1, -0.05) is 0 Å². The number of hydrogen-bond acceptors (Lipinski definition) is 6. The van der Waals surface area contributed by atoms with Gasteiger partial charge in [0, 0.05) is 0 Å². The van der Waals surface area contributed by atoms with Crippen molar-refractivity contribution >= 4 is 6.29 Å². The summed E-state index contributed by atoms with van der Waals surface area (Å²) in [4.78, 5) is 10.2. The fourth-order valence-corrected chi connectivity index (χ4v) is 1.01. The van der Waals surface area contributed by atoms with E-state index in [-0.39, 0.29) is 0 Å². The maximum absolute atomic E-state index is 10.2. The predicted octanol–water partition coefficient (Wildman–Crippen LogP) is -2.90. The Morgan fingerprint density at radius 3 is 2.55 bits per heavy atom.